The summed E-state index contributed by atoms with van der Waals surface area (Å²) in [5.41, 5.74) is 3.44. The maximum atomic E-state index is 12.7. The summed E-state index contributed by atoms with van der Waals surface area (Å²) in [6.45, 7) is -0.319. The topological polar surface area (TPSA) is 152 Å². The molecule has 0 aliphatic rings. The van der Waals surface area contributed by atoms with E-state index in [1.54, 1.807) is 68.0 Å². The SMILES string of the molecule is COc1ccc(C(NC(=O)COc2ccccc2)c2ccc3cccnc3c2O)cc1.O=C(COc1ccccc1)NC(c1ccccc1Cl)c1ccc2cccnc2c1O. The van der Waals surface area contributed by atoms with Crippen LogP contribution in [0.1, 0.15) is 34.3 Å². The number of carbonyl (C=O) groups is 2. The Hall–Kier alpha value is -7.63. The highest BCUT2D eigenvalue weighted by molar-refractivity contribution is 6.31. The summed E-state index contributed by atoms with van der Waals surface area (Å²) in [7, 11) is 1.59. The number of nitrogens with one attached hydrogen (secondary N) is 2. The van der Waals surface area contributed by atoms with Crippen LogP contribution in [0.4, 0.5) is 0 Å². The molecule has 8 rings (SSSR count). The lowest BCUT2D eigenvalue weighted by molar-refractivity contribution is -0.124. The maximum absolute atomic E-state index is 12.7. The summed E-state index contributed by atoms with van der Waals surface area (Å²) in [5.74, 6) is 1.28. The van der Waals surface area contributed by atoms with Gasteiger partial charge in [-0.25, -0.2) is 0 Å². The van der Waals surface area contributed by atoms with Gasteiger partial charge in [0.15, 0.2) is 13.2 Å². The van der Waals surface area contributed by atoms with Gasteiger partial charge in [-0.3, -0.25) is 19.6 Å². The van der Waals surface area contributed by atoms with E-state index in [0.29, 0.717) is 50.0 Å². The van der Waals surface area contributed by atoms with Crippen molar-refractivity contribution >= 4 is 45.2 Å². The van der Waals surface area contributed by atoms with Crippen LogP contribution in [0.2, 0.25) is 5.02 Å². The smallest absolute Gasteiger partial charge is 0.258 e. The fourth-order valence-corrected chi connectivity index (χ4v) is 6.91. The summed E-state index contributed by atoms with van der Waals surface area (Å²) in [6.07, 6.45) is 3.24. The van der Waals surface area contributed by atoms with Crippen LogP contribution in [-0.4, -0.2) is 52.3 Å². The van der Waals surface area contributed by atoms with E-state index < -0.39 is 12.1 Å². The number of amides is 2. The number of aromatic hydroxyl groups is 2. The molecule has 0 spiro atoms. The lowest BCUT2D eigenvalue weighted by atomic mass is 9.96. The molecule has 0 saturated carbocycles. The summed E-state index contributed by atoms with van der Waals surface area (Å²) in [4.78, 5) is 34.0. The molecule has 11 nitrogen and oxygen atoms in total. The predicted octanol–water partition coefficient (Wildman–Crippen LogP) is 9.11. The number of aromatic nitrogens is 2. The minimum atomic E-state index is -0.669. The molecule has 0 fully saturated rings. The second kappa shape index (κ2) is 19.9. The monoisotopic (exact) mass is 832 g/mol. The van der Waals surface area contributed by atoms with Crippen molar-refractivity contribution in [2.24, 2.45) is 0 Å². The van der Waals surface area contributed by atoms with Gasteiger partial charge in [-0.1, -0.05) is 115 Å². The molecule has 306 valence electrons. The molecular weight excluding hydrogens is 792 g/mol. The first kappa shape index (κ1) is 41.5. The first-order chi connectivity index (χ1) is 29.8. The molecule has 2 aromatic heterocycles. The lowest BCUT2D eigenvalue weighted by Crippen LogP contribution is -2.33. The normalized spacial score (nSPS) is 11.7. The number of halogens is 1. The standard InChI is InChI=1S/C25H22N2O4.C24H19ClN2O3/c1-30-19-12-9-18(10-13-19)23(27-22(28)16-31-20-7-3-2-4-8-20)21-14-11-17-6-5-15-26-24(17)25(21)29;25-20-11-5-4-10-18(20)23(27-21(28)15-30-17-8-2-1-3-9-17)19-13-12-16-7-6-14-26-22(16)24(19)29/h2-15,23,29H,16H2,1H3,(H,27,28);1-14,23,29H,15H2,(H,27,28). The Balaban J connectivity index is 0.000000184. The van der Waals surface area contributed by atoms with Gasteiger partial charge in [-0.2, -0.15) is 0 Å². The molecule has 4 N–H and O–H groups in total. The zero-order valence-corrected chi connectivity index (χ0v) is 33.7. The van der Waals surface area contributed by atoms with Crippen LogP contribution >= 0.6 is 11.6 Å². The van der Waals surface area contributed by atoms with E-state index in [1.165, 1.54) is 0 Å². The highest BCUT2D eigenvalue weighted by Crippen LogP contribution is 2.37. The van der Waals surface area contributed by atoms with E-state index in [-0.39, 0.29) is 36.5 Å². The molecule has 2 amide bonds. The molecule has 0 radical (unpaired) electrons. The van der Waals surface area contributed by atoms with E-state index in [4.69, 9.17) is 25.8 Å². The number of para-hydroxylation sites is 2. The van der Waals surface area contributed by atoms with Crippen LogP contribution in [0.5, 0.6) is 28.7 Å². The number of carbonyl (C=O) groups excluding carboxylic acids is 2. The molecule has 2 unspecified atom stereocenters. The van der Waals surface area contributed by atoms with Crippen LogP contribution in [0.3, 0.4) is 0 Å². The summed E-state index contributed by atoms with van der Waals surface area (Å²) in [6, 6.07) is 46.1. The molecule has 6 aromatic carbocycles. The molecule has 12 heteroatoms. The number of pyridine rings is 2. The van der Waals surface area contributed by atoms with Crippen LogP contribution in [-0.2, 0) is 9.59 Å². The average molecular weight is 833 g/mol. The highest BCUT2D eigenvalue weighted by Gasteiger charge is 2.25. The molecule has 0 bridgehead atoms. The average Bonchev–Trinajstić information content (AvgIpc) is 3.30. The summed E-state index contributed by atoms with van der Waals surface area (Å²) < 4.78 is 16.4. The van der Waals surface area contributed by atoms with E-state index >= 15 is 0 Å². The molecular formula is C49H41ClN4O7. The van der Waals surface area contributed by atoms with Crippen molar-refractivity contribution in [3.8, 4) is 28.7 Å². The molecule has 0 aliphatic carbocycles. The van der Waals surface area contributed by atoms with Crippen LogP contribution < -0.4 is 24.8 Å². The number of rotatable bonds is 13. The molecule has 2 heterocycles. The number of nitrogens with zero attached hydrogens (tertiary/aromatic N) is 2. The first-order valence-corrected chi connectivity index (χ1v) is 19.6. The molecule has 61 heavy (non-hydrogen) atoms. The third kappa shape index (κ3) is 10.3. The van der Waals surface area contributed by atoms with E-state index in [1.807, 2.05) is 109 Å². The molecule has 0 aliphatic heterocycles. The van der Waals surface area contributed by atoms with Gasteiger partial charge in [0.1, 0.15) is 39.8 Å². The van der Waals surface area contributed by atoms with Gasteiger partial charge in [-0.05, 0) is 65.7 Å². The number of benzene rings is 6. The first-order valence-electron chi connectivity index (χ1n) is 19.2. The van der Waals surface area contributed by atoms with Crippen LogP contribution in [0, 0.1) is 0 Å². The fourth-order valence-electron chi connectivity index (χ4n) is 6.66. The van der Waals surface area contributed by atoms with Crippen molar-refractivity contribution in [1.82, 2.24) is 20.6 Å². The second-order valence-corrected chi connectivity index (χ2v) is 14.1. The number of hydrogen-bond acceptors (Lipinski definition) is 9. The largest absolute Gasteiger partial charge is 0.505 e. The van der Waals surface area contributed by atoms with Crippen molar-refractivity contribution in [2.45, 2.75) is 12.1 Å². The quantitative estimate of drug-likeness (QED) is 0.0892. The molecule has 2 atom stereocenters. The van der Waals surface area contributed by atoms with E-state index in [2.05, 4.69) is 20.6 Å². The number of phenols is 2. The minimum absolute atomic E-state index is 0.00213. The van der Waals surface area contributed by atoms with Crippen LogP contribution in [0.15, 0.2) is 170 Å². The number of methoxy groups -OCH3 is 1. The van der Waals surface area contributed by atoms with Crippen LogP contribution in [0.25, 0.3) is 21.8 Å². The van der Waals surface area contributed by atoms with Crippen molar-refractivity contribution in [3.05, 3.63) is 197 Å². The molecule has 0 saturated heterocycles. The number of phenolic OH excluding ortho intramolecular Hbond substituents is 2. The van der Waals surface area contributed by atoms with Gasteiger partial charge in [-0.15, -0.1) is 0 Å². The Morgan fingerprint density at radius 2 is 1.02 bits per heavy atom. The zero-order chi connectivity index (χ0) is 42.6. The number of fused-ring (bicyclic) bond motifs is 2. The highest BCUT2D eigenvalue weighted by atomic mass is 35.5. The van der Waals surface area contributed by atoms with Gasteiger partial charge in [0, 0.05) is 39.3 Å². The Kier molecular flexibility index (Phi) is 13.5. The minimum Gasteiger partial charge on any atom is -0.505 e. The van der Waals surface area contributed by atoms with Gasteiger partial charge >= 0.3 is 0 Å². The summed E-state index contributed by atoms with van der Waals surface area (Å²) >= 11 is 6.42. The van der Waals surface area contributed by atoms with Gasteiger partial charge in [0.2, 0.25) is 0 Å². The lowest BCUT2D eigenvalue weighted by Gasteiger charge is -2.22. The number of ether oxygens (including phenoxy) is 3. The van der Waals surface area contributed by atoms with Crippen molar-refractivity contribution in [2.75, 3.05) is 20.3 Å². The Morgan fingerprint density at radius 1 is 0.541 bits per heavy atom. The third-order valence-electron chi connectivity index (χ3n) is 9.68. The fraction of sp³-hybridized carbons (Fsp3) is 0.102. The van der Waals surface area contributed by atoms with Crippen molar-refractivity contribution in [1.29, 1.82) is 0 Å². The summed E-state index contributed by atoms with van der Waals surface area (Å²) in [5, 5.41) is 29.8. The second-order valence-electron chi connectivity index (χ2n) is 13.7. The number of hydrogen-bond donors (Lipinski definition) is 4. The van der Waals surface area contributed by atoms with E-state index in [9.17, 15) is 19.8 Å². The Bertz CT molecular complexity index is 2740. The Morgan fingerprint density at radius 3 is 1.52 bits per heavy atom. The van der Waals surface area contributed by atoms with Gasteiger partial charge in [0.25, 0.3) is 11.8 Å². The Labute approximate surface area is 357 Å². The van der Waals surface area contributed by atoms with E-state index in [0.717, 1.165) is 16.3 Å². The van der Waals surface area contributed by atoms with Gasteiger partial charge < -0.3 is 35.1 Å². The predicted molar refractivity (Wildman–Crippen MR) is 235 cm³/mol. The maximum Gasteiger partial charge on any atom is 0.258 e. The van der Waals surface area contributed by atoms with Crippen molar-refractivity contribution in [3.63, 3.8) is 0 Å². The molecule has 8 aromatic rings. The zero-order valence-electron chi connectivity index (χ0n) is 32.9. The third-order valence-corrected chi connectivity index (χ3v) is 10.0. The van der Waals surface area contributed by atoms with Crippen molar-refractivity contribution < 1.29 is 34.0 Å². The van der Waals surface area contributed by atoms with Gasteiger partial charge in [0.05, 0.1) is 19.2 Å².